The molecule has 1 rings (SSSR count). The molecule has 0 spiro atoms. The van der Waals surface area contributed by atoms with Crippen molar-refractivity contribution in [2.24, 2.45) is 5.73 Å². The summed E-state index contributed by atoms with van der Waals surface area (Å²) in [6.45, 7) is 6.06. The third-order valence-electron chi connectivity index (χ3n) is 2.87. The van der Waals surface area contributed by atoms with E-state index in [9.17, 15) is 8.42 Å². The molecule has 0 aliphatic heterocycles. The second kappa shape index (κ2) is 6.36. The zero-order chi connectivity index (χ0) is 13.8. The van der Waals surface area contributed by atoms with Gasteiger partial charge in [0.1, 0.15) is 16.4 Å². The SMILES string of the molecule is CCCCCNS(=O)(=O)c1c(C)oc(C)c1CN. The lowest BCUT2D eigenvalue weighted by Crippen LogP contribution is -2.26. The van der Waals surface area contributed by atoms with Crippen molar-refractivity contribution in [3.8, 4) is 0 Å². The summed E-state index contributed by atoms with van der Waals surface area (Å²) in [5.74, 6) is 0.972. The van der Waals surface area contributed by atoms with Gasteiger partial charge in [-0.1, -0.05) is 19.8 Å². The maximum absolute atomic E-state index is 12.2. The Kier molecular flexibility index (Phi) is 5.37. The van der Waals surface area contributed by atoms with Crippen molar-refractivity contribution in [1.82, 2.24) is 4.72 Å². The summed E-state index contributed by atoms with van der Waals surface area (Å²) >= 11 is 0. The molecule has 5 nitrogen and oxygen atoms in total. The number of nitrogens with one attached hydrogen (secondary N) is 1. The number of rotatable bonds is 7. The number of aryl methyl sites for hydroxylation is 2. The minimum absolute atomic E-state index is 0.161. The molecular formula is C12H22N2O3S. The standard InChI is InChI=1S/C12H22N2O3S/c1-4-5-6-7-14-18(15,16)12-10(3)17-9(2)11(12)8-13/h14H,4-8,13H2,1-3H3. The molecule has 0 unspecified atom stereocenters. The molecule has 0 saturated carbocycles. The predicted molar refractivity (Wildman–Crippen MR) is 70.8 cm³/mol. The van der Waals surface area contributed by atoms with Crippen LogP contribution in [0, 0.1) is 13.8 Å². The quantitative estimate of drug-likeness (QED) is 0.743. The largest absolute Gasteiger partial charge is 0.465 e. The van der Waals surface area contributed by atoms with Gasteiger partial charge in [-0.05, 0) is 20.3 Å². The fraction of sp³-hybridized carbons (Fsp3) is 0.667. The molecule has 104 valence electrons. The third kappa shape index (κ3) is 3.34. The minimum Gasteiger partial charge on any atom is -0.465 e. The first-order valence-electron chi connectivity index (χ1n) is 6.22. The van der Waals surface area contributed by atoms with Crippen molar-refractivity contribution >= 4 is 10.0 Å². The third-order valence-corrected chi connectivity index (χ3v) is 4.53. The number of unbranched alkanes of at least 4 members (excludes halogenated alkanes) is 2. The molecule has 0 amide bonds. The fourth-order valence-electron chi connectivity index (χ4n) is 1.95. The van der Waals surface area contributed by atoms with Gasteiger partial charge in [0.15, 0.2) is 0 Å². The molecule has 1 aromatic heterocycles. The number of nitrogens with two attached hydrogens (primary N) is 1. The Hall–Kier alpha value is -0.850. The molecule has 0 saturated heterocycles. The molecule has 0 aliphatic rings. The molecular weight excluding hydrogens is 252 g/mol. The topological polar surface area (TPSA) is 85.3 Å². The van der Waals surface area contributed by atoms with Gasteiger partial charge in [-0.3, -0.25) is 0 Å². The lowest BCUT2D eigenvalue weighted by atomic mass is 10.2. The van der Waals surface area contributed by atoms with Crippen molar-refractivity contribution in [1.29, 1.82) is 0 Å². The second-order valence-electron chi connectivity index (χ2n) is 4.33. The van der Waals surface area contributed by atoms with Gasteiger partial charge in [-0.25, -0.2) is 13.1 Å². The maximum atomic E-state index is 12.2. The van der Waals surface area contributed by atoms with Crippen LogP contribution in [0.3, 0.4) is 0 Å². The molecule has 6 heteroatoms. The van der Waals surface area contributed by atoms with E-state index in [-0.39, 0.29) is 11.4 Å². The highest BCUT2D eigenvalue weighted by atomic mass is 32.2. The summed E-state index contributed by atoms with van der Waals surface area (Å²) in [5.41, 5.74) is 6.15. The van der Waals surface area contributed by atoms with Crippen molar-refractivity contribution in [2.75, 3.05) is 6.54 Å². The van der Waals surface area contributed by atoms with E-state index in [1.807, 2.05) is 0 Å². The van der Waals surface area contributed by atoms with Crippen LogP contribution >= 0.6 is 0 Å². The summed E-state index contributed by atoms with van der Waals surface area (Å²) in [6, 6.07) is 0. The van der Waals surface area contributed by atoms with E-state index >= 15 is 0 Å². The van der Waals surface area contributed by atoms with Crippen LogP contribution in [0.15, 0.2) is 9.31 Å². The van der Waals surface area contributed by atoms with E-state index in [0.717, 1.165) is 19.3 Å². The van der Waals surface area contributed by atoms with E-state index in [1.54, 1.807) is 13.8 Å². The van der Waals surface area contributed by atoms with Crippen LogP contribution in [-0.2, 0) is 16.6 Å². The van der Waals surface area contributed by atoms with Crippen LogP contribution in [0.1, 0.15) is 43.3 Å². The Morgan fingerprint density at radius 3 is 2.44 bits per heavy atom. The molecule has 0 atom stereocenters. The number of hydrogen-bond donors (Lipinski definition) is 2. The summed E-state index contributed by atoms with van der Waals surface area (Å²) in [7, 11) is -3.52. The van der Waals surface area contributed by atoms with E-state index in [1.165, 1.54) is 0 Å². The lowest BCUT2D eigenvalue weighted by Gasteiger charge is -2.07. The van der Waals surface area contributed by atoms with Crippen LogP contribution in [-0.4, -0.2) is 15.0 Å². The van der Waals surface area contributed by atoms with E-state index < -0.39 is 10.0 Å². The number of hydrogen-bond acceptors (Lipinski definition) is 4. The normalized spacial score (nSPS) is 12.0. The zero-order valence-electron chi connectivity index (χ0n) is 11.2. The van der Waals surface area contributed by atoms with Gasteiger partial charge in [0.2, 0.25) is 10.0 Å². The minimum atomic E-state index is -3.52. The highest BCUT2D eigenvalue weighted by Gasteiger charge is 2.25. The lowest BCUT2D eigenvalue weighted by molar-refractivity contribution is 0.494. The second-order valence-corrected chi connectivity index (χ2v) is 6.03. The van der Waals surface area contributed by atoms with Gasteiger partial charge in [0.25, 0.3) is 0 Å². The Balaban J connectivity index is 2.91. The molecule has 18 heavy (non-hydrogen) atoms. The van der Waals surface area contributed by atoms with Crippen molar-refractivity contribution in [3.05, 3.63) is 17.1 Å². The van der Waals surface area contributed by atoms with Crippen LogP contribution in [0.25, 0.3) is 0 Å². The van der Waals surface area contributed by atoms with Crippen molar-refractivity contribution in [3.63, 3.8) is 0 Å². The average Bonchev–Trinajstić information content (AvgIpc) is 2.59. The zero-order valence-corrected chi connectivity index (χ0v) is 12.1. The van der Waals surface area contributed by atoms with Gasteiger partial charge in [0, 0.05) is 18.7 Å². The van der Waals surface area contributed by atoms with Crippen molar-refractivity contribution < 1.29 is 12.8 Å². The summed E-state index contributed by atoms with van der Waals surface area (Å²) < 4.78 is 32.3. The first kappa shape index (κ1) is 15.2. The van der Waals surface area contributed by atoms with Crippen LogP contribution in [0.4, 0.5) is 0 Å². The summed E-state index contributed by atoms with van der Waals surface area (Å²) in [6.07, 6.45) is 2.90. The Morgan fingerprint density at radius 1 is 1.22 bits per heavy atom. The predicted octanol–water partition coefficient (Wildman–Crippen LogP) is 1.82. The van der Waals surface area contributed by atoms with Crippen LogP contribution in [0.5, 0.6) is 0 Å². The van der Waals surface area contributed by atoms with Gasteiger partial charge >= 0.3 is 0 Å². The smallest absolute Gasteiger partial charge is 0.244 e. The van der Waals surface area contributed by atoms with Gasteiger partial charge in [-0.2, -0.15) is 0 Å². The molecule has 1 heterocycles. The van der Waals surface area contributed by atoms with Crippen LogP contribution < -0.4 is 10.5 Å². The highest BCUT2D eigenvalue weighted by Crippen LogP contribution is 2.25. The summed E-state index contributed by atoms with van der Waals surface area (Å²) in [4.78, 5) is 0.207. The molecule has 3 N–H and O–H groups in total. The first-order valence-corrected chi connectivity index (χ1v) is 7.71. The van der Waals surface area contributed by atoms with E-state index in [2.05, 4.69) is 11.6 Å². The fourth-order valence-corrected chi connectivity index (χ4v) is 3.48. The maximum Gasteiger partial charge on any atom is 0.244 e. The monoisotopic (exact) mass is 274 g/mol. The molecule has 0 bridgehead atoms. The number of furan rings is 1. The first-order chi connectivity index (χ1) is 8.44. The molecule has 1 aromatic rings. The van der Waals surface area contributed by atoms with Crippen molar-refractivity contribution in [2.45, 2.75) is 51.5 Å². The van der Waals surface area contributed by atoms with Crippen LogP contribution in [0.2, 0.25) is 0 Å². The molecule has 0 fully saturated rings. The highest BCUT2D eigenvalue weighted by molar-refractivity contribution is 7.89. The molecule has 0 aromatic carbocycles. The summed E-state index contributed by atoms with van der Waals surface area (Å²) in [5, 5.41) is 0. The Morgan fingerprint density at radius 2 is 1.89 bits per heavy atom. The van der Waals surface area contributed by atoms with Gasteiger partial charge in [0.05, 0.1) is 0 Å². The molecule has 0 radical (unpaired) electrons. The number of sulfonamides is 1. The average molecular weight is 274 g/mol. The van der Waals surface area contributed by atoms with E-state index in [4.69, 9.17) is 10.2 Å². The Bertz CT molecular complexity index is 492. The Labute approximate surface area is 109 Å². The van der Waals surface area contributed by atoms with Gasteiger partial charge < -0.3 is 10.2 Å². The molecule has 0 aliphatic carbocycles. The van der Waals surface area contributed by atoms with Gasteiger partial charge in [-0.15, -0.1) is 0 Å². The van der Waals surface area contributed by atoms with E-state index in [0.29, 0.717) is 23.6 Å².